The van der Waals surface area contributed by atoms with Gasteiger partial charge in [0.05, 0.1) is 17.5 Å². The molecular weight excluding hydrogens is 507 g/mol. The van der Waals surface area contributed by atoms with Crippen molar-refractivity contribution < 1.29 is 22.7 Å². The Morgan fingerprint density at radius 1 is 1.27 bits per heavy atom. The van der Waals surface area contributed by atoms with Crippen molar-refractivity contribution in [1.82, 2.24) is 25.1 Å². The first-order chi connectivity index (χ1) is 17.4. The molecule has 4 aromatic rings. The van der Waals surface area contributed by atoms with E-state index >= 15 is 0 Å². The van der Waals surface area contributed by atoms with E-state index in [9.17, 15) is 18.0 Å². The molecule has 0 saturated heterocycles. The third-order valence-corrected chi connectivity index (χ3v) is 6.10. The number of amides is 1. The molecule has 1 N–H and O–H groups in total. The smallest absolute Gasteiger partial charge is 0.254 e. The van der Waals surface area contributed by atoms with E-state index in [1.807, 2.05) is 25.1 Å². The number of rotatable bonds is 8. The van der Waals surface area contributed by atoms with Crippen LogP contribution in [0.2, 0.25) is 5.02 Å². The third-order valence-electron chi connectivity index (χ3n) is 5.76. The zero-order valence-electron chi connectivity index (χ0n) is 20.7. The summed E-state index contributed by atoms with van der Waals surface area (Å²) in [5.74, 6) is -3.53. The number of halogens is 4. The summed E-state index contributed by atoms with van der Waals surface area (Å²) in [7, 11) is 1.80. The van der Waals surface area contributed by atoms with Crippen molar-refractivity contribution in [3.8, 4) is 17.1 Å². The predicted octanol–water partition coefficient (Wildman–Crippen LogP) is 5.93. The molecule has 0 aliphatic rings. The summed E-state index contributed by atoms with van der Waals surface area (Å²) in [6.45, 7) is 4.00. The molecule has 37 heavy (non-hydrogen) atoms. The minimum Gasteiger partial charge on any atom is -0.487 e. The van der Waals surface area contributed by atoms with Gasteiger partial charge < -0.3 is 10.1 Å². The Bertz CT molecular complexity index is 1470. The Morgan fingerprint density at radius 3 is 2.70 bits per heavy atom. The SMILES string of the molecule is Cc1cc(-c2ncnn2C)c2cccc(OCc3c(Cl)cc(F)cc3[C@H](C)NC(=O)CC(C)(F)F)c2n1. The number of alkyl halides is 2. The summed E-state index contributed by atoms with van der Waals surface area (Å²) in [4.78, 5) is 21.1. The number of nitrogens with zero attached hydrogens (tertiary/aromatic N) is 4. The maximum atomic E-state index is 14.2. The number of carbonyl (C=O) groups excluding carboxylic acids is 1. The molecule has 1 amide bonds. The fraction of sp³-hybridized carbons (Fsp3) is 0.308. The Morgan fingerprint density at radius 2 is 2.03 bits per heavy atom. The highest BCUT2D eigenvalue weighted by Crippen LogP contribution is 2.34. The molecule has 4 rings (SSSR count). The van der Waals surface area contributed by atoms with Gasteiger partial charge >= 0.3 is 0 Å². The van der Waals surface area contributed by atoms with Crippen LogP contribution in [-0.2, 0) is 18.4 Å². The zero-order chi connectivity index (χ0) is 26.9. The van der Waals surface area contributed by atoms with Gasteiger partial charge in [0.15, 0.2) is 5.82 Å². The zero-order valence-corrected chi connectivity index (χ0v) is 21.4. The van der Waals surface area contributed by atoms with E-state index < -0.39 is 30.1 Å². The second-order valence-electron chi connectivity index (χ2n) is 8.95. The van der Waals surface area contributed by atoms with Gasteiger partial charge in [-0.1, -0.05) is 23.7 Å². The molecule has 0 aliphatic carbocycles. The highest BCUT2D eigenvalue weighted by Gasteiger charge is 2.27. The van der Waals surface area contributed by atoms with E-state index in [2.05, 4.69) is 20.4 Å². The highest BCUT2D eigenvalue weighted by atomic mass is 35.5. The van der Waals surface area contributed by atoms with Gasteiger partial charge in [0, 0.05) is 29.3 Å². The number of fused-ring (bicyclic) bond motifs is 1. The molecule has 1 atom stereocenters. The van der Waals surface area contributed by atoms with Crippen LogP contribution in [0.4, 0.5) is 13.2 Å². The Labute approximate surface area is 216 Å². The van der Waals surface area contributed by atoms with Gasteiger partial charge in [0.25, 0.3) is 5.92 Å². The number of hydrogen-bond donors (Lipinski definition) is 1. The van der Waals surface area contributed by atoms with Gasteiger partial charge in [-0.05, 0) is 50.6 Å². The monoisotopic (exact) mass is 531 g/mol. The lowest BCUT2D eigenvalue weighted by atomic mass is 10.0. The maximum absolute atomic E-state index is 14.2. The Balaban J connectivity index is 1.67. The summed E-state index contributed by atoms with van der Waals surface area (Å²) >= 11 is 6.36. The number of ether oxygens (including phenoxy) is 1. The number of aromatic nitrogens is 4. The molecule has 7 nitrogen and oxygen atoms in total. The van der Waals surface area contributed by atoms with Gasteiger partial charge in [0.2, 0.25) is 5.91 Å². The van der Waals surface area contributed by atoms with Crippen LogP contribution in [0, 0.1) is 12.7 Å². The summed E-state index contributed by atoms with van der Waals surface area (Å²) < 4.78 is 48.5. The van der Waals surface area contributed by atoms with E-state index in [0.29, 0.717) is 35.1 Å². The van der Waals surface area contributed by atoms with Crippen molar-refractivity contribution in [2.24, 2.45) is 7.05 Å². The average Bonchev–Trinajstić information content (AvgIpc) is 3.21. The second kappa shape index (κ2) is 10.4. The van der Waals surface area contributed by atoms with Gasteiger partial charge in [-0.2, -0.15) is 5.10 Å². The van der Waals surface area contributed by atoms with Crippen LogP contribution in [0.15, 0.2) is 42.7 Å². The van der Waals surface area contributed by atoms with Crippen LogP contribution in [0.25, 0.3) is 22.3 Å². The fourth-order valence-electron chi connectivity index (χ4n) is 4.16. The molecule has 194 valence electrons. The molecule has 0 radical (unpaired) electrons. The molecule has 2 aromatic heterocycles. The molecule has 0 spiro atoms. The minimum atomic E-state index is -3.17. The first-order valence-electron chi connectivity index (χ1n) is 11.5. The third kappa shape index (κ3) is 6.02. The largest absolute Gasteiger partial charge is 0.487 e. The number of para-hydroxylation sites is 1. The minimum absolute atomic E-state index is 0.0768. The van der Waals surface area contributed by atoms with Crippen molar-refractivity contribution in [2.45, 2.75) is 45.8 Å². The summed E-state index contributed by atoms with van der Waals surface area (Å²) in [6, 6.07) is 8.92. The normalized spacial score (nSPS) is 12.5. The van der Waals surface area contributed by atoms with Crippen LogP contribution >= 0.6 is 11.6 Å². The lowest BCUT2D eigenvalue weighted by Gasteiger charge is -2.21. The van der Waals surface area contributed by atoms with Crippen molar-refractivity contribution in [3.05, 3.63) is 70.4 Å². The van der Waals surface area contributed by atoms with Gasteiger partial charge in [-0.15, -0.1) is 0 Å². The molecule has 0 bridgehead atoms. The van der Waals surface area contributed by atoms with Crippen LogP contribution in [-0.4, -0.2) is 31.6 Å². The number of pyridine rings is 1. The first kappa shape index (κ1) is 26.4. The predicted molar refractivity (Wildman–Crippen MR) is 134 cm³/mol. The molecule has 0 unspecified atom stereocenters. The molecule has 2 aromatic carbocycles. The summed E-state index contributed by atoms with van der Waals surface area (Å²) in [6.07, 6.45) is 0.484. The number of nitrogens with one attached hydrogen (secondary N) is 1. The summed E-state index contributed by atoms with van der Waals surface area (Å²) in [5.41, 5.74) is 2.90. The molecule has 2 heterocycles. The van der Waals surface area contributed by atoms with E-state index in [1.54, 1.807) is 24.7 Å². The van der Waals surface area contributed by atoms with Crippen LogP contribution < -0.4 is 10.1 Å². The maximum Gasteiger partial charge on any atom is 0.254 e. The van der Waals surface area contributed by atoms with Crippen molar-refractivity contribution in [3.63, 3.8) is 0 Å². The van der Waals surface area contributed by atoms with E-state index in [-0.39, 0.29) is 11.6 Å². The number of hydrogen-bond acceptors (Lipinski definition) is 5. The van der Waals surface area contributed by atoms with Crippen molar-refractivity contribution >= 4 is 28.4 Å². The van der Waals surface area contributed by atoms with Gasteiger partial charge in [-0.25, -0.2) is 27.8 Å². The standard InChI is InChI=1S/C26H25ClF3N5O2/c1-14-8-19(25-31-13-32-35(25)4)17-6-5-7-22(24(17)33-14)37-12-20-18(9-16(28)10-21(20)27)15(2)34-23(36)11-26(3,29)30/h5-10,13,15H,11-12H2,1-4H3,(H,34,36)/t15-/m0/s1. The van der Waals surface area contributed by atoms with Crippen LogP contribution in [0.5, 0.6) is 5.75 Å². The number of carbonyl (C=O) groups is 1. The molecule has 11 heteroatoms. The highest BCUT2D eigenvalue weighted by molar-refractivity contribution is 6.31. The average molecular weight is 532 g/mol. The molecular formula is C26H25ClF3N5O2. The van der Waals surface area contributed by atoms with Crippen LogP contribution in [0.3, 0.4) is 0 Å². The molecule has 0 fully saturated rings. The molecule has 0 saturated carbocycles. The lowest BCUT2D eigenvalue weighted by Crippen LogP contribution is -2.31. The van der Waals surface area contributed by atoms with Crippen molar-refractivity contribution in [2.75, 3.05) is 0 Å². The van der Waals surface area contributed by atoms with Gasteiger partial charge in [0.1, 0.15) is 30.0 Å². The second-order valence-corrected chi connectivity index (χ2v) is 9.36. The van der Waals surface area contributed by atoms with E-state index in [4.69, 9.17) is 16.3 Å². The van der Waals surface area contributed by atoms with Crippen LogP contribution in [0.1, 0.15) is 43.1 Å². The van der Waals surface area contributed by atoms with E-state index in [0.717, 1.165) is 22.7 Å². The molecule has 0 aliphatic heterocycles. The number of benzene rings is 2. The Hall–Kier alpha value is -3.66. The number of aryl methyl sites for hydroxylation is 2. The lowest BCUT2D eigenvalue weighted by molar-refractivity contribution is -0.127. The van der Waals surface area contributed by atoms with Gasteiger partial charge in [-0.3, -0.25) is 4.79 Å². The summed E-state index contributed by atoms with van der Waals surface area (Å²) in [5, 5.41) is 7.51. The Kier molecular flexibility index (Phi) is 7.40. The first-order valence-corrected chi connectivity index (χ1v) is 11.8. The van der Waals surface area contributed by atoms with E-state index in [1.165, 1.54) is 12.4 Å². The quantitative estimate of drug-likeness (QED) is 0.304. The fourth-order valence-corrected chi connectivity index (χ4v) is 4.42. The topological polar surface area (TPSA) is 81.9 Å². The van der Waals surface area contributed by atoms with Crippen molar-refractivity contribution in [1.29, 1.82) is 0 Å².